The van der Waals surface area contributed by atoms with Gasteiger partial charge in [-0.1, -0.05) is 31.9 Å². The molecule has 6 rings (SSSR count). The van der Waals surface area contributed by atoms with E-state index in [-0.39, 0.29) is 0 Å². The summed E-state index contributed by atoms with van der Waals surface area (Å²) in [6.45, 7) is 7.57. The second-order valence-corrected chi connectivity index (χ2v) is 11.6. The summed E-state index contributed by atoms with van der Waals surface area (Å²) in [4.78, 5) is 9.23. The van der Waals surface area contributed by atoms with Crippen molar-refractivity contribution in [3.05, 3.63) is 81.3 Å². The number of pyridine rings is 2. The van der Waals surface area contributed by atoms with Crippen molar-refractivity contribution in [2.75, 3.05) is 0 Å². The monoisotopic (exact) mass is 602 g/mol. The van der Waals surface area contributed by atoms with Gasteiger partial charge in [-0.25, -0.2) is 0 Å². The van der Waals surface area contributed by atoms with Crippen molar-refractivity contribution in [1.29, 1.82) is 0 Å². The van der Waals surface area contributed by atoms with Gasteiger partial charge in [0.2, 0.25) is 0 Å². The van der Waals surface area contributed by atoms with Crippen LogP contribution in [0.5, 0.6) is 0 Å². The molecule has 4 aromatic heterocycles. The first kappa shape index (κ1) is 23.7. The Bertz CT molecular complexity index is 1760. The maximum absolute atomic E-state index is 4.63. The molecular formula is C30H28Br2N4. The number of halogens is 2. The number of hydrogen-bond acceptors (Lipinski definition) is 2. The number of rotatable bonds is 6. The van der Waals surface area contributed by atoms with Crippen molar-refractivity contribution in [3.63, 3.8) is 0 Å². The van der Waals surface area contributed by atoms with Crippen LogP contribution in [0.2, 0.25) is 0 Å². The molecule has 6 heteroatoms. The van der Waals surface area contributed by atoms with E-state index in [2.05, 4.69) is 120 Å². The molecule has 0 bridgehead atoms. The number of benzene rings is 2. The molecule has 0 saturated carbocycles. The molecule has 0 amide bonds. The zero-order chi connectivity index (χ0) is 25.0. The van der Waals surface area contributed by atoms with Gasteiger partial charge in [0.15, 0.2) is 0 Å². The average Bonchev–Trinajstić information content (AvgIpc) is 3.36. The van der Waals surface area contributed by atoms with E-state index in [4.69, 9.17) is 0 Å². The fourth-order valence-electron chi connectivity index (χ4n) is 5.86. The zero-order valence-electron chi connectivity index (χ0n) is 20.7. The molecule has 2 aromatic carbocycles. The second-order valence-electron chi connectivity index (χ2n) is 9.77. The molecule has 0 saturated heterocycles. The fraction of sp³-hybridized carbons (Fsp3) is 0.267. The van der Waals surface area contributed by atoms with E-state index in [1.54, 1.807) is 0 Å². The molecular weight excluding hydrogens is 576 g/mol. The highest BCUT2D eigenvalue weighted by atomic mass is 79.9. The van der Waals surface area contributed by atoms with Gasteiger partial charge in [0, 0.05) is 66.5 Å². The Morgan fingerprint density at radius 3 is 2.00 bits per heavy atom. The van der Waals surface area contributed by atoms with Gasteiger partial charge in [-0.2, -0.15) is 0 Å². The van der Waals surface area contributed by atoms with Crippen molar-refractivity contribution < 1.29 is 0 Å². The van der Waals surface area contributed by atoms with E-state index in [1.165, 1.54) is 43.6 Å². The summed E-state index contributed by atoms with van der Waals surface area (Å²) in [5, 5.41) is 5.14. The van der Waals surface area contributed by atoms with Crippen LogP contribution in [0, 0.1) is 13.8 Å². The third-order valence-corrected chi connectivity index (χ3v) is 8.45. The standard InChI is InChI=1S/C30H28Br2N4/c1-18(36-28-10-8-22(32)17-26(28)24-12-14-34-20(3)30(24)36)6-4-5-15-35-27-9-7-21(31)16-25(27)23-11-13-33-19(2)29(23)35/h7-14,16-18H,4-6,15H2,1-3H3. The summed E-state index contributed by atoms with van der Waals surface area (Å²) in [5.41, 5.74) is 7.26. The van der Waals surface area contributed by atoms with Gasteiger partial charge < -0.3 is 9.13 Å². The number of aryl methyl sites for hydroxylation is 3. The molecule has 0 N–H and O–H groups in total. The van der Waals surface area contributed by atoms with Gasteiger partial charge >= 0.3 is 0 Å². The highest BCUT2D eigenvalue weighted by Crippen LogP contribution is 2.36. The van der Waals surface area contributed by atoms with Crippen LogP contribution in [0.3, 0.4) is 0 Å². The number of aromatic nitrogens is 4. The van der Waals surface area contributed by atoms with Crippen molar-refractivity contribution >= 4 is 75.5 Å². The highest BCUT2D eigenvalue weighted by Gasteiger charge is 2.18. The first-order valence-electron chi connectivity index (χ1n) is 12.5. The van der Waals surface area contributed by atoms with Crippen molar-refractivity contribution in [3.8, 4) is 0 Å². The first-order valence-corrected chi connectivity index (χ1v) is 14.1. The smallest absolute Gasteiger partial charge is 0.0710 e. The molecule has 0 aliphatic carbocycles. The molecule has 4 heterocycles. The topological polar surface area (TPSA) is 35.6 Å². The number of unbranched alkanes of at least 4 members (excludes halogenated alkanes) is 1. The zero-order valence-corrected chi connectivity index (χ0v) is 23.9. The molecule has 6 aromatic rings. The van der Waals surface area contributed by atoms with Gasteiger partial charge in [-0.15, -0.1) is 0 Å². The lowest BCUT2D eigenvalue weighted by molar-refractivity contribution is 0.487. The number of nitrogens with zero attached hydrogens (tertiary/aromatic N) is 4. The Balaban J connectivity index is 1.28. The summed E-state index contributed by atoms with van der Waals surface area (Å²) >= 11 is 7.32. The molecule has 0 spiro atoms. The van der Waals surface area contributed by atoms with Gasteiger partial charge in [0.25, 0.3) is 0 Å². The SMILES string of the molecule is Cc1nccc2c3cc(Br)ccc3n(CCCCC(C)n3c4ccc(Br)cc4c4ccnc(C)c43)c12. The van der Waals surface area contributed by atoms with E-state index in [0.29, 0.717) is 6.04 Å². The minimum absolute atomic E-state index is 0.381. The lowest BCUT2D eigenvalue weighted by Crippen LogP contribution is -2.07. The molecule has 0 radical (unpaired) electrons. The highest BCUT2D eigenvalue weighted by molar-refractivity contribution is 9.10. The molecule has 0 aliphatic rings. The van der Waals surface area contributed by atoms with Crippen LogP contribution >= 0.6 is 31.9 Å². The van der Waals surface area contributed by atoms with Crippen LogP contribution < -0.4 is 0 Å². The fourth-order valence-corrected chi connectivity index (χ4v) is 6.58. The van der Waals surface area contributed by atoms with E-state index in [9.17, 15) is 0 Å². The third kappa shape index (κ3) is 3.86. The Morgan fingerprint density at radius 2 is 1.31 bits per heavy atom. The largest absolute Gasteiger partial charge is 0.339 e. The predicted molar refractivity (Wildman–Crippen MR) is 158 cm³/mol. The minimum Gasteiger partial charge on any atom is -0.339 e. The van der Waals surface area contributed by atoms with Crippen molar-refractivity contribution in [2.45, 2.75) is 52.6 Å². The van der Waals surface area contributed by atoms with Crippen LogP contribution in [-0.2, 0) is 6.54 Å². The Hall–Kier alpha value is -2.70. The summed E-state index contributed by atoms with van der Waals surface area (Å²) < 4.78 is 7.20. The number of fused-ring (bicyclic) bond motifs is 6. The van der Waals surface area contributed by atoms with Crippen LogP contribution in [-0.4, -0.2) is 19.1 Å². The Kier molecular flexibility index (Phi) is 6.12. The second kappa shape index (κ2) is 9.31. The van der Waals surface area contributed by atoms with E-state index in [1.807, 2.05) is 12.4 Å². The van der Waals surface area contributed by atoms with Gasteiger partial charge in [-0.3, -0.25) is 9.97 Å². The minimum atomic E-state index is 0.381. The molecule has 36 heavy (non-hydrogen) atoms. The Morgan fingerprint density at radius 1 is 0.722 bits per heavy atom. The summed E-state index contributed by atoms with van der Waals surface area (Å²) in [6, 6.07) is 17.9. The van der Waals surface area contributed by atoms with Crippen LogP contribution in [0.15, 0.2) is 69.9 Å². The lowest BCUT2D eigenvalue weighted by Gasteiger charge is -2.18. The van der Waals surface area contributed by atoms with Crippen molar-refractivity contribution in [2.24, 2.45) is 0 Å². The third-order valence-electron chi connectivity index (χ3n) is 7.47. The van der Waals surface area contributed by atoms with E-state index < -0.39 is 0 Å². The van der Waals surface area contributed by atoms with Gasteiger partial charge in [-0.05, 0) is 88.6 Å². The van der Waals surface area contributed by atoms with Gasteiger partial charge in [0.05, 0.1) is 22.4 Å². The van der Waals surface area contributed by atoms with Crippen LogP contribution in [0.25, 0.3) is 43.6 Å². The van der Waals surface area contributed by atoms with Crippen LogP contribution in [0.1, 0.15) is 43.6 Å². The maximum Gasteiger partial charge on any atom is 0.0710 e. The van der Waals surface area contributed by atoms with Crippen LogP contribution in [0.4, 0.5) is 0 Å². The molecule has 0 fully saturated rings. The molecule has 1 unspecified atom stereocenters. The quantitative estimate of drug-likeness (QED) is 0.178. The molecule has 1 atom stereocenters. The average molecular weight is 604 g/mol. The summed E-state index contributed by atoms with van der Waals surface area (Å²) in [7, 11) is 0. The lowest BCUT2D eigenvalue weighted by atomic mass is 10.1. The summed E-state index contributed by atoms with van der Waals surface area (Å²) in [5.74, 6) is 0. The number of hydrogen-bond donors (Lipinski definition) is 0. The predicted octanol–water partition coefficient (Wildman–Crippen LogP) is 9.27. The van der Waals surface area contributed by atoms with E-state index >= 15 is 0 Å². The van der Waals surface area contributed by atoms with E-state index in [0.717, 1.165) is 46.1 Å². The first-order chi connectivity index (χ1) is 17.4. The molecule has 4 nitrogen and oxygen atoms in total. The molecule has 0 aliphatic heterocycles. The summed E-state index contributed by atoms with van der Waals surface area (Å²) in [6.07, 6.45) is 7.23. The van der Waals surface area contributed by atoms with Gasteiger partial charge in [0.1, 0.15) is 0 Å². The maximum atomic E-state index is 4.63. The normalized spacial score (nSPS) is 12.9. The molecule has 182 valence electrons. The Labute approximate surface area is 227 Å². The van der Waals surface area contributed by atoms with Crippen molar-refractivity contribution in [1.82, 2.24) is 19.1 Å².